The first kappa shape index (κ1) is 25.6. The number of aromatic amines is 1. The normalized spacial score (nSPS) is 18.0. The van der Waals surface area contributed by atoms with Crippen molar-refractivity contribution in [2.45, 2.75) is 55.9 Å². The van der Waals surface area contributed by atoms with Crippen LogP contribution in [0.2, 0.25) is 0 Å². The maximum atomic E-state index is 12.9. The standard InChI is InChI=1S/C28H31N3O4S2/c1-18(2)29-15-20-7-6-10-26(20)35-21-12-11-19-13-23(28(32)31-24(19)14-21)25-16-36-27(30-25)17-37(33,34)22-8-4-3-5-9-22/h3-5,8-9,11-14,16,18,20,26,29H,6-7,10,15,17H2,1-2H3,(H,31,32)/t20-,26?/m1/s1. The average Bonchev–Trinajstić information content (AvgIpc) is 3.52. The Morgan fingerprint density at radius 3 is 2.73 bits per heavy atom. The molecule has 2 atom stereocenters. The molecule has 0 bridgehead atoms. The van der Waals surface area contributed by atoms with Gasteiger partial charge < -0.3 is 15.0 Å². The molecule has 1 unspecified atom stereocenters. The minimum atomic E-state index is -3.51. The van der Waals surface area contributed by atoms with E-state index in [1.807, 2.05) is 18.2 Å². The molecular weight excluding hydrogens is 506 g/mol. The lowest BCUT2D eigenvalue weighted by Gasteiger charge is -2.23. The molecule has 4 aromatic rings. The van der Waals surface area contributed by atoms with Gasteiger partial charge in [0, 0.05) is 30.0 Å². The highest BCUT2D eigenvalue weighted by Crippen LogP contribution is 2.31. The smallest absolute Gasteiger partial charge is 0.257 e. The Morgan fingerprint density at radius 2 is 1.95 bits per heavy atom. The molecule has 1 aliphatic carbocycles. The van der Waals surface area contributed by atoms with Crippen molar-refractivity contribution in [2.24, 2.45) is 5.92 Å². The fourth-order valence-corrected chi connectivity index (χ4v) is 7.22. The second-order valence-corrected chi connectivity index (χ2v) is 12.8. The zero-order chi connectivity index (χ0) is 26.0. The van der Waals surface area contributed by atoms with Crippen LogP contribution in [0.25, 0.3) is 22.2 Å². The van der Waals surface area contributed by atoms with Crippen molar-refractivity contribution in [1.82, 2.24) is 15.3 Å². The Morgan fingerprint density at radius 1 is 1.14 bits per heavy atom. The maximum absolute atomic E-state index is 12.9. The van der Waals surface area contributed by atoms with Crippen molar-refractivity contribution in [3.63, 3.8) is 0 Å². The number of aromatic nitrogens is 2. The second kappa shape index (κ2) is 10.8. The van der Waals surface area contributed by atoms with E-state index < -0.39 is 9.84 Å². The molecule has 9 heteroatoms. The Hall–Kier alpha value is -3.01. The summed E-state index contributed by atoms with van der Waals surface area (Å²) in [6, 6.07) is 16.3. The second-order valence-electron chi connectivity index (χ2n) is 9.87. The number of pyridine rings is 1. The highest BCUT2D eigenvalue weighted by atomic mass is 32.2. The van der Waals surface area contributed by atoms with Crippen LogP contribution < -0.4 is 15.6 Å². The predicted octanol–water partition coefficient (Wildman–Crippen LogP) is 5.17. The van der Waals surface area contributed by atoms with Gasteiger partial charge in [-0.3, -0.25) is 4.79 Å². The van der Waals surface area contributed by atoms with E-state index in [-0.39, 0.29) is 22.3 Å². The SMILES string of the molecule is CC(C)NC[C@H]1CCCC1Oc1ccc2cc(-c3csc(CS(=O)(=O)c4ccccc4)n3)c(=O)[nH]c2c1. The van der Waals surface area contributed by atoms with Crippen molar-refractivity contribution in [2.75, 3.05) is 6.54 Å². The summed E-state index contributed by atoms with van der Waals surface area (Å²) in [5.74, 6) is 1.02. The summed E-state index contributed by atoms with van der Waals surface area (Å²) >= 11 is 1.24. The van der Waals surface area contributed by atoms with E-state index in [9.17, 15) is 13.2 Å². The monoisotopic (exact) mass is 537 g/mol. The van der Waals surface area contributed by atoms with Gasteiger partial charge in [0.15, 0.2) is 9.84 Å². The van der Waals surface area contributed by atoms with E-state index in [1.165, 1.54) is 11.3 Å². The number of hydrogen-bond donors (Lipinski definition) is 2. The van der Waals surface area contributed by atoms with E-state index in [0.29, 0.717) is 33.7 Å². The quantitative estimate of drug-likeness (QED) is 0.305. The topological polar surface area (TPSA) is 101 Å². The molecule has 194 valence electrons. The van der Waals surface area contributed by atoms with Crippen LogP contribution in [0.4, 0.5) is 0 Å². The lowest BCUT2D eigenvalue weighted by molar-refractivity contribution is 0.156. The third kappa shape index (κ3) is 5.95. The largest absolute Gasteiger partial charge is 0.490 e. The first-order valence-corrected chi connectivity index (χ1v) is 15.1. The van der Waals surface area contributed by atoms with Gasteiger partial charge in [0.25, 0.3) is 5.56 Å². The van der Waals surface area contributed by atoms with Crippen molar-refractivity contribution >= 4 is 32.1 Å². The fourth-order valence-electron chi connectivity index (χ4n) is 4.77. The van der Waals surface area contributed by atoms with Gasteiger partial charge in [-0.05, 0) is 55.0 Å². The summed E-state index contributed by atoms with van der Waals surface area (Å²) in [5.41, 5.74) is 1.31. The number of fused-ring (bicyclic) bond motifs is 1. The summed E-state index contributed by atoms with van der Waals surface area (Å²) in [5, 5.41) is 6.55. The molecule has 7 nitrogen and oxygen atoms in total. The van der Waals surface area contributed by atoms with Crippen molar-refractivity contribution < 1.29 is 13.2 Å². The molecular formula is C28H31N3O4S2. The molecule has 1 fully saturated rings. The fraction of sp³-hybridized carbons (Fsp3) is 0.357. The molecule has 0 saturated heterocycles. The first-order valence-electron chi connectivity index (χ1n) is 12.6. The van der Waals surface area contributed by atoms with Gasteiger partial charge in [-0.25, -0.2) is 13.4 Å². The van der Waals surface area contributed by atoms with Gasteiger partial charge in [-0.1, -0.05) is 32.0 Å². The van der Waals surface area contributed by atoms with E-state index in [1.54, 1.807) is 41.8 Å². The van der Waals surface area contributed by atoms with Crippen molar-refractivity contribution in [3.8, 4) is 17.0 Å². The van der Waals surface area contributed by atoms with Gasteiger partial charge in [0.05, 0.1) is 21.7 Å². The van der Waals surface area contributed by atoms with Crippen LogP contribution in [0.3, 0.4) is 0 Å². The molecule has 0 aliphatic heterocycles. The molecule has 0 radical (unpaired) electrons. The van der Waals surface area contributed by atoms with Gasteiger partial charge in [0.1, 0.15) is 22.6 Å². The molecule has 37 heavy (non-hydrogen) atoms. The van der Waals surface area contributed by atoms with Crippen molar-refractivity contribution in [3.05, 3.63) is 75.3 Å². The number of nitrogens with zero attached hydrogens (tertiary/aromatic N) is 1. The van der Waals surface area contributed by atoms with E-state index in [2.05, 4.69) is 29.1 Å². The molecule has 1 aliphatic rings. The van der Waals surface area contributed by atoms with Crippen LogP contribution in [0.1, 0.15) is 38.1 Å². The minimum absolute atomic E-state index is 0.162. The van der Waals surface area contributed by atoms with Crippen LogP contribution in [0, 0.1) is 5.92 Å². The Balaban J connectivity index is 1.33. The highest BCUT2D eigenvalue weighted by molar-refractivity contribution is 7.90. The molecule has 2 N–H and O–H groups in total. The third-order valence-electron chi connectivity index (χ3n) is 6.73. The van der Waals surface area contributed by atoms with Crippen LogP contribution >= 0.6 is 11.3 Å². The van der Waals surface area contributed by atoms with E-state index >= 15 is 0 Å². The zero-order valence-corrected chi connectivity index (χ0v) is 22.6. The zero-order valence-electron chi connectivity index (χ0n) is 20.9. The third-order valence-corrected chi connectivity index (χ3v) is 9.40. The van der Waals surface area contributed by atoms with Crippen LogP contribution in [0.15, 0.2) is 69.7 Å². The Labute approximate surface area is 220 Å². The lowest BCUT2D eigenvalue weighted by Crippen LogP contribution is -2.34. The van der Waals surface area contributed by atoms with Crippen molar-refractivity contribution in [1.29, 1.82) is 0 Å². The number of thiazole rings is 1. The van der Waals surface area contributed by atoms with Gasteiger partial charge in [-0.2, -0.15) is 0 Å². The van der Waals surface area contributed by atoms with Crippen LogP contribution in [0.5, 0.6) is 5.75 Å². The number of benzene rings is 2. The molecule has 0 amide bonds. The Kier molecular flexibility index (Phi) is 7.46. The molecule has 0 spiro atoms. The molecule has 5 rings (SSSR count). The first-order chi connectivity index (χ1) is 17.8. The minimum Gasteiger partial charge on any atom is -0.490 e. The Bertz CT molecular complexity index is 1540. The molecule has 2 heterocycles. The summed E-state index contributed by atoms with van der Waals surface area (Å²) in [4.78, 5) is 20.6. The lowest BCUT2D eigenvalue weighted by atomic mass is 10.1. The number of nitrogens with one attached hydrogen (secondary N) is 2. The van der Waals surface area contributed by atoms with Gasteiger partial charge >= 0.3 is 0 Å². The summed E-state index contributed by atoms with van der Waals surface area (Å²) in [6.07, 6.45) is 3.51. The number of hydrogen-bond acceptors (Lipinski definition) is 7. The maximum Gasteiger partial charge on any atom is 0.257 e. The van der Waals surface area contributed by atoms with Gasteiger partial charge in [-0.15, -0.1) is 11.3 Å². The summed E-state index contributed by atoms with van der Waals surface area (Å²) in [6.45, 7) is 5.24. The van der Waals surface area contributed by atoms with Crippen LogP contribution in [-0.2, 0) is 15.6 Å². The number of sulfone groups is 1. The van der Waals surface area contributed by atoms with Crippen LogP contribution in [-0.4, -0.2) is 37.1 Å². The number of rotatable bonds is 9. The number of H-pyrrole nitrogens is 1. The number of ether oxygens (including phenoxy) is 1. The highest BCUT2D eigenvalue weighted by Gasteiger charge is 2.29. The van der Waals surface area contributed by atoms with Gasteiger partial charge in [0.2, 0.25) is 0 Å². The summed E-state index contributed by atoms with van der Waals surface area (Å²) < 4.78 is 31.8. The van der Waals surface area contributed by atoms with E-state index in [0.717, 1.165) is 36.9 Å². The average molecular weight is 538 g/mol. The molecule has 2 aromatic heterocycles. The molecule has 2 aromatic carbocycles. The molecule has 1 saturated carbocycles. The summed E-state index contributed by atoms with van der Waals surface area (Å²) in [7, 11) is -3.51. The predicted molar refractivity (Wildman–Crippen MR) is 148 cm³/mol. The van der Waals surface area contributed by atoms with E-state index in [4.69, 9.17) is 4.74 Å².